The first-order valence-electron chi connectivity index (χ1n) is 3.97. The monoisotopic (exact) mass is 157 g/mol. The van der Waals surface area contributed by atoms with Crippen LogP contribution >= 0.6 is 0 Å². The lowest BCUT2D eigenvalue weighted by molar-refractivity contribution is -0.121. The summed E-state index contributed by atoms with van der Waals surface area (Å²) >= 11 is 0. The van der Waals surface area contributed by atoms with E-state index in [1.165, 1.54) is 0 Å². The third-order valence-electron chi connectivity index (χ3n) is 1.84. The number of hydrogen-bond acceptors (Lipinski definition) is 3. The van der Waals surface area contributed by atoms with Crippen molar-refractivity contribution in [3.63, 3.8) is 0 Å². The van der Waals surface area contributed by atoms with Crippen LogP contribution in [0.25, 0.3) is 0 Å². The van der Waals surface area contributed by atoms with Crippen molar-refractivity contribution in [3.8, 4) is 0 Å². The lowest BCUT2D eigenvalue weighted by Crippen LogP contribution is -2.49. The molecular weight excluding hydrogens is 142 g/mol. The SMILES string of the molecule is CNC(=O)CC1CNCCN1. The molecule has 1 atom stereocenters. The Morgan fingerprint density at radius 3 is 3.00 bits per heavy atom. The molecule has 1 saturated heterocycles. The van der Waals surface area contributed by atoms with Gasteiger partial charge in [0.25, 0.3) is 0 Å². The summed E-state index contributed by atoms with van der Waals surface area (Å²) < 4.78 is 0. The predicted molar refractivity (Wildman–Crippen MR) is 43.3 cm³/mol. The van der Waals surface area contributed by atoms with Gasteiger partial charge in [0, 0.05) is 39.1 Å². The van der Waals surface area contributed by atoms with Crippen LogP contribution in [-0.2, 0) is 4.79 Å². The molecule has 0 aromatic heterocycles. The third kappa shape index (κ3) is 2.86. The van der Waals surface area contributed by atoms with E-state index < -0.39 is 0 Å². The molecule has 0 aromatic rings. The maximum atomic E-state index is 10.9. The molecule has 1 amide bonds. The summed E-state index contributed by atoms with van der Waals surface area (Å²) in [5.41, 5.74) is 0. The highest BCUT2D eigenvalue weighted by Gasteiger charge is 2.14. The topological polar surface area (TPSA) is 53.2 Å². The first-order chi connectivity index (χ1) is 5.33. The van der Waals surface area contributed by atoms with Crippen molar-refractivity contribution in [2.24, 2.45) is 0 Å². The fraction of sp³-hybridized carbons (Fsp3) is 0.857. The minimum Gasteiger partial charge on any atom is -0.359 e. The van der Waals surface area contributed by atoms with Crippen LogP contribution in [-0.4, -0.2) is 38.6 Å². The Kier molecular flexibility index (Phi) is 3.32. The summed E-state index contributed by atoms with van der Waals surface area (Å²) in [6.07, 6.45) is 0.573. The summed E-state index contributed by atoms with van der Waals surface area (Å²) in [5.74, 6) is 0.103. The molecule has 0 aromatic carbocycles. The standard InChI is InChI=1S/C7H15N3O/c1-8-7(11)4-6-5-9-2-3-10-6/h6,9-10H,2-5H2,1H3,(H,8,11). The number of nitrogens with one attached hydrogen (secondary N) is 3. The van der Waals surface area contributed by atoms with Gasteiger partial charge in [-0.1, -0.05) is 0 Å². The van der Waals surface area contributed by atoms with Gasteiger partial charge in [-0.3, -0.25) is 4.79 Å². The maximum Gasteiger partial charge on any atom is 0.221 e. The lowest BCUT2D eigenvalue weighted by atomic mass is 10.1. The van der Waals surface area contributed by atoms with Crippen molar-refractivity contribution in [3.05, 3.63) is 0 Å². The van der Waals surface area contributed by atoms with E-state index in [9.17, 15) is 4.79 Å². The van der Waals surface area contributed by atoms with Gasteiger partial charge in [-0.2, -0.15) is 0 Å². The Hall–Kier alpha value is -0.610. The van der Waals surface area contributed by atoms with Gasteiger partial charge in [-0.25, -0.2) is 0 Å². The Labute approximate surface area is 66.7 Å². The number of carbonyl (C=O) groups is 1. The summed E-state index contributed by atoms with van der Waals surface area (Å²) in [7, 11) is 1.67. The predicted octanol–water partition coefficient (Wildman–Crippen LogP) is -1.32. The van der Waals surface area contributed by atoms with Crippen LogP contribution in [0.2, 0.25) is 0 Å². The zero-order chi connectivity index (χ0) is 8.10. The molecule has 0 spiro atoms. The fourth-order valence-electron chi connectivity index (χ4n) is 1.18. The molecular formula is C7H15N3O. The Morgan fingerprint density at radius 2 is 2.45 bits per heavy atom. The average Bonchev–Trinajstić information content (AvgIpc) is 2.06. The first kappa shape index (κ1) is 8.49. The average molecular weight is 157 g/mol. The second kappa shape index (κ2) is 4.31. The fourth-order valence-corrected chi connectivity index (χ4v) is 1.18. The third-order valence-corrected chi connectivity index (χ3v) is 1.84. The molecule has 1 heterocycles. The van der Waals surface area contributed by atoms with Crippen molar-refractivity contribution in [1.29, 1.82) is 0 Å². The second-order valence-corrected chi connectivity index (χ2v) is 2.73. The number of hydrogen-bond donors (Lipinski definition) is 3. The molecule has 1 rings (SSSR count). The van der Waals surface area contributed by atoms with Gasteiger partial charge in [-0.15, -0.1) is 0 Å². The molecule has 4 heteroatoms. The molecule has 0 bridgehead atoms. The second-order valence-electron chi connectivity index (χ2n) is 2.73. The molecule has 1 aliphatic heterocycles. The van der Waals surface area contributed by atoms with E-state index in [4.69, 9.17) is 0 Å². The molecule has 4 nitrogen and oxygen atoms in total. The van der Waals surface area contributed by atoms with E-state index in [0.717, 1.165) is 19.6 Å². The normalized spacial score (nSPS) is 24.6. The van der Waals surface area contributed by atoms with Crippen molar-refractivity contribution in [2.45, 2.75) is 12.5 Å². The van der Waals surface area contributed by atoms with E-state index in [1.807, 2.05) is 0 Å². The Balaban J connectivity index is 2.19. The van der Waals surface area contributed by atoms with Crippen LogP contribution in [0.15, 0.2) is 0 Å². The van der Waals surface area contributed by atoms with Crippen LogP contribution in [0.5, 0.6) is 0 Å². The van der Waals surface area contributed by atoms with E-state index in [0.29, 0.717) is 12.5 Å². The first-order valence-corrected chi connectivity index (χ1v) is 3.97. The molecule has 11 heavy (non-hydrogen) atoms. The van der Waals surface area contributed by atoms with Gasteiger partial charge in [0.2, 0.25) is 5.91 Å². The summed E-state index contributed by atoms with van der Waals surface area (Å²) in [5, 5.41) is 9.09. The van der Waals surface area contributed by atoms with Crippen LogP contribution in [0.4, 0.5) is 0 Å². The molecule has 0 aliphatic carbocycles. The van der Waals surface area contributed by atoms with E-state index >= 15 is 0 Å². The van der Waals surface area contributed by atoms with E-state index in [1.54, 1.807) is 7.05 Å². The van der Waals surface area contributed by atoms with Gasteiger partial charge in [0.15, 0.2) is 0 Å². The van der Waals surface area contributed by atoms with Crippen LogP contribution < -0.4 is 16.0 Å². The van der Waals surface area contributed by atoms with Crippen LogP contribution in [0, 0.1) is 0 Å². The van der Waals surface area contributed by atoms with Gasteiger partial charge in [0.05, 0.1) is 0 Å². The Bertz CT molecular complexity index is 132. The van der Waals surface area contributed by atoms with Crippen molar-refractivity contribution in [1.82, 2.24) is 16.0 Å². The van der Waals surface area contributed by atoms with Crippen LogP contribution in [0.1, 0.15) is 6.42 Å². The van der Waals surface area contributed by atoms with Gasteiger partial charge in [-0.05, 0) is 0 Å². The number of amides is 1. The summed E-state index contributed by atoms with van der Waals surface area (Å²) in [6, 6.07) is 0.309. The summed E-state index contributed by atoms with van der Waals surface area (Å²) in [6.45, 7) is 2.86. The number of rotatable bonds is 2. The van der Waals surface area contributed by atoms with E-state index in [2.05, 4.69) is 16.0 Å². The molecule has 1 aliphatic rings. The van der Waals surface area contributed by atoms with Gasteiger partial charge < -0.3 is 16.0 Å². The van der Waals surface area contributed by atoms with E-state index in [-0.39, 0.29) is 5.91 Å². The quantitative estimate of drug-likeness (QED) is 0.466. The lowest BCUT2D eigenvalue weighted by Gasteiger charge is -2.23. The minimum absolute atomic E-state index is 0.103. The largest absolute Gasteiger partial charge is 0.359 e. The highest BCUT2D eigenvalue weighted by Crippen LogP contribution is 1.92. The minimum atomic E-state index is 0.103. The molecule has 64 valence electrons. The van der Waals surface area contributed by atoms with Crippen LogP contribution in [0.3, 0.4) is 0 Å². The molecule has 0 radical (unpaired) electrons. The molecule has 3 N–H and O–H groups in total. The zero-order valence-corrected chi connectivity index (χ0v) is 6.81. The van der Waals surface area contributed by atoms with Crippen molar-refractivity contribution in [2.75, 3.05) is 26.7 Å². The molecule has 1 unspecified atom stereocenters. The number of carbonyl (C=O) groups excluding carboxylic acids is 1. The highest BCUT2D eigenvalue weighted by molar-refractivity contribution is 5.76. The van der Waals surface area contributed by atoms with Gasteiger partial charge >= 0.3 is 0 Å². The van der Waals surface area contributed by atoms with Crippen molar-refractivity contribution < 1.29 is 4.79 Å². The van der Waals surface area contributed by atoms with Gasteiger partial charge in [0.1, 0.15) is 0 Å². The molecule has 1 fully saturated rings. The summed E-state index contributed by atoms with van der Waals surface area (Å²) in [4.78, 5) is 10.9. The maximum absolute atomic E-state index is 10.9. The smallest absolute Gasteiger partial charge is 0.221 e. The molecule has 0 saturated carbocycles. The van der Waals surface area contributed by atoms with Crippen molar-refractivity contribution >= 4 is 5.91 Å². The number of piperazine rings is 1. The Morgan fingerprint density at radius 1 is 1.64 bits per heavy atom. The highest BCUT2D eigenvalue weighted by atomic mass is 16.1. The zero-order valence-electron chi connectivity index (χ0n) is 6.81.